The monoisotopic (exact) mass is 313 g/mol. The average molecular weight is 313 g/mol. The van der Waals surface area contributed by atoms with E-state index >= 15 is 0 Å². The van der Waals surface area contributed by atoms with E-state index in [0.717, 1.165) is 5.56 Å². The van der Waals surface area contributed by atoms with E-state index in [2.05, 4.69) is 4.98 Å². The van der Waals surface area contributed by atoms with Gasteiger partial charge in [0.1, 0.15) is 11.5 Å². The van der Waals surface area contributed by atoms with Gasteiger partial charge in [0, 0.05) is 23.0 Å². The fourth-order valence-corrected chi connectivity index (χ4v) is 2.28. The van der Waals surface area contributed by atoms with Gasteiger partial charge >= 0.3 is 0 Å². The van der Waals surface area contributed by atoms with Crippen molar-refractivity contribution in [1.82, 2.24) is 9.55 Å². The first-order valence-electron chi connectivity index (χ1n) is 6.89. The van der Waals surface area contributed by atoms with E-state index in [9.17, 15) is 13.6 Å². The van der Waals surface area contributed by atoms with Gasteiger partial charge < -0.3 is 5.73 Å². The second-order valence-electron chi connectivity index (χ2n) is 4.94. The minimum atomic E-state index is -2.66. The largest absolute Gasteiger partial charge is 0.366 e. The third kappa shape index (κ3) is 2.96. The molecule has 1 aromatic heterocycles. The highest BCUT2D eigenvalue weighted by molar-refractivity contribution is 5.92. The molecule has 0 aliphatic rings. The summed E-state index contributed by atoms with van der Waals surface area (Å²) >= 11 is 0. The molecular weight excluding hydrogens is 300 g/mol. The molecule has 1 heterocycles. The Kier molecular flexibility index (Phi) is 3.89. The van der Waals surface area contributed by atoms with Crippen molar-refractivity contribution in [3.63, 3.8) is 0 Å². The van der Waals surface area contributed by atoms with E-state index in [-0.39, 0.29) is 5.69 Å². The number of primary amides is 1. The number of aromatic nitrogens is 2. The van der Waals surface area contributed by atoms with Crippen molar-refractivity contribution in [2.75, 3.05) is 0 Å². The molecule has 0 fully saturated rings. The predicted octanol–water partition coefficient (Wildman–Crippen LogP) is 3.58. The van der Waals surface area contributed by atoms with Gasteiger partial charge in [-0.25, -0.2) is 13.8 Å². The van der Waals surface area contributed by atoms with Crippen LogP contribution in [-0.4, -0.2) is 15.5 Å². The van der Waals surface area contributed by atoms with Crippen molar-refractivity contribution in [2.24, 2.45) is 5.73 Å². The lowest BCUT2D eigenvalue weighted by molar-refractivity contribution is 0.1000. The van der Waals surface area contributed by atoms with Crippen LogP contribution in [0.15, 0.2) is 60.8 Å². The molecule has 4 nitrogen and oxygen atoms in total. The van der Waals surface area contributed by atoms with Crippen molar-refractivity contribution < 1.29 is 13.6 Å². The Morgan fingerprint density at radius 1 is 1.04 bits per heavy atom. The highest BCUT2D eigenvalue weighted by Crippen LogP contribution is 2.27. The van der Waals surface area contributed by atoms with Crippen LogP contribution in [0.5, 0.6) is 0 Å². The fraction of sp³-hybridized carbons (Fsp3) is 0.0588. The van der Waals surface area contributed by atoms with Crippen molar-refractivity contribution in [3.8, 4) is 17.1 Å². The van der Waals surface area contributed by atoms with Crippen LogP contribution in [0.1, 0.15) is 22.5 Å². The number of hydrogen-bond donors (Lipinski definition) is 1. The van der Waals surface area contributed by atoms with Gasteiger partial charge in [-0.3, -0.25) is 9.36 Å². The summed E-state index contributed by atoms with van der Waals surface area (Å²) in [4.78, 5) is 15.2. The Morgan fingerprint density at radius 3 is 2.26 bits per heavy atom. The van der Waals surface area contributed by atoms with Crippen molar-refractivity contribution >= 4 is 5.91 Å². The second-order valence-corrected chi connectivity index (χ2v) is 4.94. The molecule has 116 valence electrons. The topological polar surface area (TPSA) is 60.9 Å². The van der Waals surface area contributed by atoms with Crippen LogP contribution in [0, 0.1) is 0 Å². The van der Waals surface area contributed by atoms with E-state index in [1.54, 1.807) is 41.0 Å². The number of hydrogen-bond acceptors (Lipinski definition) is 2. The van der Waals surface area contributed by atoms with Crippen LogP contribution in [-0.2, 0) is 0 Å². The number of benzene rings is 2. The molecule has 6 heteroatoms. The molecule has 0 spiro atoms. The number of alkyl halides is 2. The molecular formula is C17H13F2N3O. The number of carbonyl (C=O) groups is 1. The summed E-state index contributed by atoms with van der Waals surface area (Å²) in [5.74, 6) is -0.133. The maximum Gasteiger partial charge on any atom is 0.281 e. The Morgan fingerprint density at radius 2 is 1.70 bits per heavy atom. The predicted molar refractivity (Wildman–Crippen MR) is 82.5 cm³/mol. The first-order valence-corrected chi connectivity index (χ1v) is 6.89. The number of halogens is 2. The molecule has 0 saturated carbocycles. The molecule has 0 saturated heterocycles. The number of rotatable bonds is 4. The van der Waals surface area contributed by atoms with E-state index in [0.29, 0.717) is 17.1 Å². The summed E-state index contributed by atoms with van der Waals surface area (Å²) in [6.07, 6.45) is -1.37. The maximum atomic E-state index is 13.0. The van der Waals surface area contributed by atoms with Crippen molar-refractivity contribution in [1.29, 1.82) is 0 Å². The summed E-state index contributed by atoms with van der Waals surface area (Å²) in [6, 6.07) is 15.4. The molecule has 0 bridgehead atoms. The summed E-state index contributed by atoms with van der Waals surface area (Å²) in [6.45, 7) is 0. The SMILES string of the molecule is NC(=O)c1ccc(-n2cc(C(F)F)nc2-c2ccccc2)cc1. The van der Waals surface area contributed by atoms with E-state index < -0.39 is 12.3 Å². The maximum absolute atomic E-state index is 13.0. The van der Waals surface area contributed by atoms with Gasteiger partial charge in [0.2, 0.25) is 5.91 Å². The second kappa shape index (κ2) is 6.00. The molecule has 1 amide bonds. The quantitative estimate of drug-likeness (QED) is 0.800. The number of imidazole rings is 1. The normalized spacial score (nSPS) is 10.9. The number of amides is 1. The third-order valence-corrected chi connectivity index (χ3v) is 3.41. The van der Waals surface area contributed by atoms with Crippen LogP contribution in [0.4, 0.5) is 8.78 Å². The number of carbonyl (C=O) groups excluding carboxylic acids is 1. The lowest BCUT2D eigenvalue weighted by atomic mass is 10.2. The average Bonchev–Trinajstić information content (AvgIpc) is 3.01. The molecule has 2 aromatic carbocycles. The molecule has 0 atom stereocenters. The number of nitrogens with zero attached hydrogens (tertiary/aromatic N) is 2. The lowest BCUT2D eigenvalue weighted by Gasteiger charge is -2.08. The Balaban J connectivity index is 2.12. The van der Waals surface area contributed by atoms with Crippen LogP contribution in [0.2, 0.25) is 0 Å². The van der Waals surface area contributed by atoms with Crippen LogP contribution >= 0.6 is 0 Å². The molecule has 2 N–H and O–H groups in total. The van der Waals surface area contributed by atoms with Gasteiger partial charge in [0.05, 0.1) is 0 Å². The summed E-state index contributed by atoms with van der Waals surface area (Å²) in [7, 11) is 0. The number of nitrogens with two attached hydrogens (primary N) is 1. The van der Waals surface area contributed by atoms with E-state index in [1.165, 1.54) is 6.20 Å². The van der Waals surface area contributed by atoms with Crippen LogP contribution < -0.4 is 5.73 Å². The molecule has 0 aliphatic carbocycles. The molecule has 23 heavy (non-hydrogen) atoms. The summed E-state index contributed by atoms with van der Waals surface area (Å²) in [5, 5.41) is 0. The third-order valence-electron chi connectivity index (χ3n) is 3.41. The molecule has 0 aliphatic heterocycles. The molecule has 3 aromatic rings. The molecule has 0 radical (unpaired) electrons. The zero-order valence-electron chi connectivity index (χ0n) is 12.0. The van der Waals surface area contributed by atoms with E-state index in [4.69, 9.17) is 5.73 Å². The molecule has 0 unspecified atom stereocenters. The zero-order valence-corrected chi connectivity index (χ0v) is 12.0. The van der Waals surface area contributed by atoms with Crippen molar-refractivity contribution in [3.05, 3.63) is 72.1 Å². The summed E-state index contributed by atoms with van der Waals surface area (Å²) < 4.78 is 27.6. The molecule has 3 rings (SSSR count). The minimum absolute atomic E-state index is 0.303. The minimum Gasteiger partial charge on any atom is -0.366 e. The smallest absolute Gasteiger partial charge is 0.281 e. The zero-order chi connectivity index (χ0) is 16.4. The van der Waals surface area contributed by atoms with Gasteiger partial charge in [-0.05, 0) is 24.3 Å². The van der Waals surface area contributed by atoms with Gasteiger partial charge in [-0.2, -0.15) is 0 Å². The lowest BCUT2D eigenvalue weighted by Crippen LogP contribution is -2.10. The first-order chi connectivity index (χ1) is 11.1. The Bertz CT molecular complexity index is 827. The Hall–Kier alpha value is -3.02. The van der Waals surface area contributed by atoms with Crippen molar-refractivity contribution in [2.45, 2.75) is 6.43 Å². The van der Waals surface area contributed by atoms with Crippen LogP contribution in [0.25, 0.3) is 17.1 Å². The van der Waals surface area contributed by atoms with Gasteiger partial charge in [0.25, 0.3) is 6.43 Å². The fourth-order valence-electron chi connectivity index (χ4n) is 2.28. The van der Waals surface area contributed by atoms with E-state index in [1.807, 2.05) is 18.2 Å². The first kappa shape index (κ1) is 14.9. The standard InChI is InChI=1S/C17H13F2N3O/c18-15(19)14-10-22(13-8-6-11(7-9-13)16(20)23)17(21-14)12-4-2-1-3-5-12/h1-10,15H,(H2,20,23). The van der Waals surface area contributed by atoms with Crippen LogP contribution in [0.3, 0.4) is 0 Å². The van der Waals surface area contributed by atoms with Gasteiger partial charge in [-0.1, -0.05) is 30.3 Å². The Labute approximate surface area is 131 Å². The van der Waals surface area contributed by atoms with Gasteiger partial charge in [0.15, 0.2) is 0 Å². The highest BCUT2D eigenvalue weighted by atomic mass is 19.3. The summed E-state index contributed by atoms with van der Waals surface area (Å²) in [5.41, 5.74) is 6.60. The van der Waals surface area contributed by atoms with Gasteiger partial charge in [-0.15, -0.1) is 0 Å². The highest BCUT2D eigenvalue weighted by Gasteiger charge is 2.17.